The van der Waals surface area contributed by atoms with Crippen LogP contribution in [0.4, 0.5) is 4.79 Å². The molecule has 0 unspecified atom stereocenters. The normalized spacial score (nSPS) is 11.5. The summed E-state index contributed by atoms with van der Waals surface area (Å²) >= 11 is 0. The molecule has 0 saturated carbocycles. The number of hydrogen-bond acceptors (Lipinski definition) is 3. The largest absolute Gasteiger partial charge is 0.491 e. The highest BCUT2D eigenvalue weighted by atomic mass is 16.5. The van der Waals surface area contributed by atoms with E-state index in [1.165, 1.54) is 4.90 Å². The minimum absolute atomic E-state index is 0.151. The van der Waals surface area contributed by atoms with E-state index in [4.69, 9.17) is 4.74 Å². The molecule has 0 bridgehead atoms. The van der Waals surface area contributed by atoms with Gasteiger partial charge in [0.2, 0.25) is 5.91 Å². The highest BCUT2D eigenvalue weighted by molar-refractivity contribution is 5.86. The van der Waals surface area contributed by atoms with Crippen molar-refractivity contribution in [1.29, 1.82) is 0 Å². The molecule has 0 spiro atoms. The van der Waals surface area contributed by atoms with Crippen molar-refractivity contribution >= 4 is 11.9 Å². The number of carbonyl (C=O) groups excluding carboxylic acids is 2. The van der Waals surface area contributed by atoms with Crippen LogP contribution in [0.1, 0.15) is 18.1 Å². The van der Waals surface area contributed by atoms with Crippen molar-refractivity contribution in [3.8, 4) is 5.75 Å². The third-order valence-electron chi connectivity index (χ3n) is 3.20. The van der Waals surface area contributed by atoms with E-state index in [0.29, 0.717) is 13.2 Å². The number of urea groups is 1. The first-order valence-electron chi connectivity index (χ1n) is 7.27. The van der Waals surface area contributed by atoms with E-state index in [-0.39, 0.29) is 11.9 Å². The third kappa shape index (κ3) is 5.27. The molecule has 3 amide bonds. The zero-order chi connectivity index (χ0) is 16.7. The number of likely N-dealkylation sites (N-methyl/N-ethyl adjacent to an activating group) is 1. The fourth-order valence-electron chi connectivity index (χ4n) is 2.04. The van der Waals surface area contributed by atoms with Gasteiger partial charge in [-0.25, -0.2) is 4.79 Å². The Balaban J connectivity index is 2.33. The average molecular weight is 307 g/mol. The van der Waals surface area contributed by atoms with E-state index >= 15 is 0 Å². The second-order valence-electron chi connectivity index (χ2n) is 5.42. The van der Waals surface area contributed by atoms with Crippen LogP contribution in [0.15, 0.2) is 18.2 Å². The predicted octanol–water partition coefficient (Wildman–Crippen LogP) is 1.46. The molecule has 1 aromatic rings. The van der Waals surface area contributed by atoms with Crippen LogP contribution in [0.5, 0.6) is 5.75 Å². The molecule has 0 aliphatic heterocycles. The summed E-state index contributed by atoms with van der Waals surface area (Å²) in [5, 5.41) is 5.26. The summed E-state index contributed by atoms with van der Waals surface area (Å²) in [5.74, 6) is 0.697. The number of nitrogens with zero attached hydrogens (tertiary/aromatic N) is 1. The number of amides is 3. The maximum Gasteiger partial charge on any atom is 0.315 e. The molecular formula is C16H25N3O3. The lowest BCUT2D eigenvalue weighted by Gasteiger charge is -2.18. The minimum atomic E-state index is -0.561. The van der Waals surface area contributed by atoms with Crippen molar-refractivity contribution in [2.45, 2.75) is 26.8 Å². The van der Waals surface area contributed by atoms with Crippen LogP contribution in [0.3, 0.4) is 0 Å². The zero-order valence-electron chi connectivity index (χ0n) is 13.9. The van der Waals surface area contributed by atoms with Gasteiger partial charge in [0.25, 0.3) is 0 Å². The van der Waals surface area contributed by atoms with Gasteiger partial charge in [0.15, 0.2) is 0 Å². The van der Waals surface area contributed by atoms with Crippen LogP contribution < -0.4 is 15.4 Å². The van der Waals surface area contributed by atoms with Crippen molar-refractivity contribution in [2.75, 3.05) is 27.2 Å². The standard InChI is InChI=1S/C16H25N3O3/c1-11-7-6-8-12(2)14(11)22-10-9-17-16(21)18-13(3)15(20)19(4)5/h6-8,13H,9-10H2,1-5H3,(H2,17,18,21)/t13-/m0/s1. The average Bonchev–Trinajstić information content (AvgIpc) is 2.44. The molecule has 1 rings (SSSR count). The molecule has 1 aromatic carbocycles. The number of rotatable bonds is 6. The number of carbonyl (C=O) groups is 2. The third-order valence-corrected chi connectivity index (χ3v) is 3.20. The SMILES string of the molecule is Cc1cccc(C)c1OCCNC(=O)N[C@@H](C)C(=O)N(C)C. The molecule has 0 radical (unpaired) electrons. The van der Waals surface area contributed by atoms with Crippen molar-refractivity contribution in [3.63, 3.8) is 0 Å². The molecule has 6 heteroatoms. The topological polar surface area (TPSA) is 70.7 Å². The van der Waals surface area contributed by atoms with Gasteiger partial charge in [-0.1, -0.05) is 18.2 Å². The van der Waals surface area contributed by atoms with E-state index in [2.05, 4.69) is 10.6 Å². The summed E-state index contributed by atoms with van der Waals surface area (Å²) in [6, 6.07) is 5.00. The number of benzene rings is 1. The maximum absolute atomic E-state index is 11.7. The second kappa shape index (κ2) is 8.26. The van der Waals surface area contributed by atoms with Gasteiger partial charge in [-0.05, 0) is 31.9 Å². The molecule has 0 aromatic heterocycles. The summed E-state index contributed by atoms with van der Waals surface area (Å²) in [5.41, 5.74) is 2.13. The molecule has 122 valence electrons. The van der Waals surface area contributed by atoms with Gasteiger partial charge < -0.3 is 20.3 Å². The minimum Gasteiger partial charge on any atom is -0.491 e. The summed E-state index contributed by atoms with van der Waals surface area (Å²) < 4.78 is 5.69. The number of aryl methyl sites for hydroxylation is 2. The first-order chi connectivity index (χ1) is 10.3. The summed E-state index contributed by atoms with van der Waals surface area (Å²) in [4.78, 5) is 24.7. The van der Waals surface area contributed by atoms with E-state index in [9.17, 15) is 9.59 Å². The van der Waals surface area contributed by atoms with E-state index in [0.717, 1.165) is 16.9 Å². The molecule has 0 aliphatic carbocycles. The van der Waals surface area contributed by atoms with Gasteiger partial charge in [0.05, 0.1) is 6.54 Å². The Bertz CT molecular complexity index is 509. The summed E-state index contributed by atoms with van der Waals surface area (Å²) in [7, 11) is 3.30. The van der Waals surface area contributed by atoms with Crippen LogP contribution in [0, 0.1) is 13.8 Å². The Kier molecular flexibility index (Phi) is 6.69. The number of para-hydroxylation sites is 1. The van der Waals surface area contributed by atoms with Crippen molar-refractivity contribution in [1.82, 2.24) is 15.5 Å². The van der Waals surface area contributed by atoms with Crippen molar-refractivity contribution in [2.24, 2.45) is 0 Å². The monoisotopic (exact) mass is 307 g/mol. The number of hydrogen-bond donors (Lipinski definition) is 2. The van der Waals surface area contributed by atoms with Gasteiger partial charge in [-0.2, -0.15) is 0 Å². The first kappa shape index (κ1) is 17.8. The van der Waals surface area contributed by atoms with Crippen LogP contribution in [0.2, 0.25) is 0 Å². The molecule has 22 heavy (non-hydrogen) atoms. The molecule has 6 nitrogen and oxygen atoms in total. The molecule has 1 atom stereocenters. The quantitative estimate of drug-likeness (QED) is 0.782. The lowest BCUT2D eigenvalue weighted by Crippen LogP contribution is -2.48. The number of ether oxygens (including phenoxy) is 1. The van der Waals surface area contributed by atoms with E-state index in [1.54, 1.807) is 21.0 Å². The lowest BCUT2D eigenvalue weighted by atomic mass is 10.1. The summed E-state index contributed by atoms with van der Waals surface area (Å²) in [6.45, 7) is 6.35. The Labute approximate surface area is 131 Å². The second-order valence-corrected chi connectivity index (χ2v) is 5.42. The van der Waals surface area contributed by atoms with Crippen LogP contribution in [-0.4, -0.2) is 50.1 Å². The highest BCUT2D eigenvalue weighted by Gasteiger charge is 2.16. The maximum atomic E-state index is 11.7. The van der Waals surface area contributed by atoms with Crippen molar-refractivity contribution in [3.05, 3.63) is 29.3 Å². The lowest BCUT2D eigenvalue weighted by molar-refractivity contribution is -0.130. The van der Waals surface area contributed by atoms with Gasteiger partial charge in [0, 0.05) is 14.1 Å². The van der Waals surface area contributed by atoms with E-state index in [1.807, 2.05) is 32.0 Å². The molecule has 2 N–H and O–H groups in total. The van der Waals surface area contributed by atoms with Crippen molar-refractivity contribution < 1.29 is 14.3 Å². The highest BCUT2D eigenvalue weighted by Crippen LogP contribution is 2.21. The van der Waals surface area contributed by atoms with Crippen LogP contribution >= 0.6 is 0 Å². The number of nitrogens with one attached hydrogen (secondary N) is 2. The molecule has 0 heterocycles. The van der Waals surface area contributed by atoms with E-state index < -0.39 is 6.04 Å². The Morgan fingerprint density at radius 2 is 1.82 bits per heavy atom. The van der Waals surface area contributed by atoms with Gasteiger partial charge in [-0.3, -0.25) is 4.79 Å². The van der Waals surface area contributed by atoms with Gasteiger partial charge >= 0.3 is 6.03 Å². The fraction of sp³-hybridized carbons (Fsp3) is 0.500. The molecule has 0 aliphatic rings. The van der Waals surface area contributed by atoms with Gasteiger partial charge in [-0.15, -0.1) is 0 Å². The Morgan fingerprint density at radius 1 is 1.23 bits per heavy atom. The smallest absolute Gasteiger partial charge is 0.315 e. The molecule has 0 fully saturated rings. The molecule has 0 saturated heterocycles. The first-order valence-corrected chi connectivity index (χ1v) is 7.27. The summed E-state index contributed by atoms with van der Waals surface area (Å²) in [6.07, 6.45) is 0. The zero-order valence-corrected chi connectivity index (χ0v) is 13.9. The predicted molar refractivity (Wildman–Crippen MR) is 86.1 cm³/mol. The van der Waals surface area contributed by atoms with Crippen LogP contribution in [-0.2, 0) is 4.79 Å². The molecular weight excluding hydrogens is 282 g/mol. The Morgan fingerprint density at radius 3 is 2.36 bits per heavy atom. The fourth-order valence-corrected chi connectivity index (χ4v) is 2.04. The Hall–Kier alpha value is -2.24. The van der Waals surface area contributed by atoms with Gasteiger partial charge in [0.1, 0.15) is 18.4 Å². The van der Waals surface area contributed by atoms with Crippen LogP contribution in [0.25, 0.3) is 0 Å².